The van der Waals surface area contributed by atoms with Gasteiger partial charge in [0, 0.05) is 39.5 Å². The third-order valence-electron chi connectivity index (χ3n) is 6.28. The van der Waals surface area contributed by atoms with E-state index in [2.05, 4.69) is 16.0 Å². The zero-order chi connectivity index (χ0) is 25.1. The summed E-state index contributed by atoms with van der Waals surface area (Å²) in [6.45, 7) is 7.45. The molecule has 35 heavy (non-hydrogen) atoms. The Morgan fingerprint density at radius 3 is 1.57 bits per heavy atom. The molecule has 178 valence electrons. The second kappa shape index (κ2) is 9.89. The summed E-state index contributed by atoms with van der Waals surface area (Å²) in [7, 11) is 0. The molecule has 3 aromatic rings. The lowest BCUT2D eigenvalue weighted by atomic mass is 9.79. The number of amides is 2. The summed E-state index contributed by atoms with van der Waals surface area (Å²) in [6.07, 6.45) is 0. The van der Waals surface area contributed by atoms with E-state index in [4.69, 9.17) is 0 Å². The zero-order valence-corrected chi connectivity index (χ0v) is 20.3. The Kier molecular flexibility index (Phi) is 6.73. The van der Waals surface area contributed by atoms with Crippen molar-refractivity contribution in [2.75, 3.05) is 10.6 Å². The van der Waals surface area contributed by atoms with Crippen molar-refractivity contribution in [3.05, 3.63) is 112 Å². The van der Waals surface area contributed by atoms with E-state index < -0.39 is 5.92 Å². The number of phenols is 1. The fourth-order valence-corrected chi connectivity index (χ4v) is 4.44. The summed E-state index contributed by atoms with van der Waals surface area (Å²) >= 11 is 0. The molecular formula is C29H29N3O3. The number of carbonyl (C=O) groups is 2. The number of allylic oxidation sites excluding steroid dienone is 2. The van der Waals surface area contributed by atoms with E-state index in [0.717, 1.165) is 11.1 Å². The standard InChI is InChI=1S/C29H29N3O3/c1-17-11-5-8-14-22(17)31-28(34)25-19(3)30-20(4)26(27(25)21-13-7-10-16-24(21)33)29(35)32-23-15-9-6-12-18(23)2/h5-16,27,30,33H,1-4H3,(H,31,34)(H,32,35). The second-order valence-electron chi connectivity index (χ2n) is 8.73. The maximum absolute atomic E-state index is 13.7. The zero-order valence-electron chi connectivity index (χ0n) is 20.3. The number of para-hydroxylation sites is 3. The molecule has 1 heterocycles. The number of aryl methyl sites for hydroxylation is 2. The van der Waals surface area contributed by atoms with Crippen LogP contribution in [-0.2, 0) is 9.59 Å². The molecule has 0 radical (unpaired) electrons. The molecule has 4 N–H and O–H groups in total. The Bertz CT molecular complexity index is 1290. The van der Waals surface area contributed by atoms with Gasteiger partial charge in [-0.2, -0.15) is 0 Å². The van der Waals surface area contributed by atoms with Crippen LogP contribution < -0.4 is 16.0 Å². The van der Waals surface area contributed by atoms with Crippen molar-refractivity contribution in [3.8, 4) is 5.75 Å². The van der Waals surface area contributed by atoms with Crippen LogP contribution in [0.3, 0.4) is 0 Å². The number of hydrogen-bond acceptors (Lipinski definition) is 4. The number of dihydropyridines is 1. The highest BCUT2D eigenvalue weighted by molar-refractivity contribution is 6.12. The first-order valence-electron chi connectivity index (χ1n) is 11.5. The normalized spacial score (nSPS) is 13.9. The van der Waals surface area contributed by atoms with Gasteiger partial charge in [0.25, 0.3) is 11.8 Å². The lowest BCUT2D eigenvalue weighted by Crippen LogP contribution is -2.35. The van der Waals surface area contributed by atoms with Crippen molar-refractivity contribution in [2.24, 2.45) is 0 Å². The maximum Gasteiger partial charge on any atom is 0.254 e. The number of nitrogens with one attached hydrogen (secondary N) is 3. The van der Waals surface area contributed by atoms with Crippen LogP contribution in [0, 0.1) is 13.8 Å². The highest BCUT2D eigenvalue weighted by Crippen LogP contribution is 2.42. The molecule has 0 fully saturated rings. The van der Waals surface area contributed by atoms with Crippen LogP contribution in [-0.4, -0.2) is 16.9 Å². The molecule has 1 aliphatic heterocycles. The van der Waals surface area contributed by atoms with E-state index >= 15 is 0 Å². The van der Waals surface area contributed by atoms with Gasteiger partial charge in [0.05, 0.1) is 5.92 Å². The number of hydrogen-bond donors (Lipinski definition) is 4. The summed E-state index contributed by atoms with van der Waals surface area (Å²) in [5, 5.41) is 20.0. The summed E-state index contributed by atoms with van der Waals surface area (Å²) in [4.78, 5) is 27.3. The Morgan fingerprint density at radius 1 is 0.686 bits per heavy atom. The van der Waals surface area contributed by atoms with Gasteiger partial charge >= 0.3 is 0 Å². The third-order valence-corrected chi connectivity index (χ3v) is 6.28. The average molecular weight is 468 g/mol. The van der Waals surface area contributed by atoms with Crippen molar-refractivity contribution in [2.45, 2.75) is 33.6 Å². The van der Waals surface area contributed by atoms with Crippen LogP contribution in [0.4, 0.5) is 11.4 Å². The lowest BCUT2D eigenvalue weighted by molar-refractivity contribution is -0.113. The summed E-state index contributed by atoms with van der Waals surface area (Å²) in [6, 6.07) is 21.8. The monoisotopic (exact) mass is 467 g/mol. The predicted octanol–water partition coefficient (Wildman–Crippen LogP) is 5.52. The van der Waals surface area contributed by atoms with Gasteiger partial charge in [0.1, 0.15) is 5.75 Å². The van der Waals surface area contributed by atoms with E-state index in [1.54, 1.807) is 38.1 Å². The van der Waals surface area contributed by atoms with Gasteiger partial charge in [-0.1, -0.05) is 54.6 Å². The third kappa shape index (κ3) is 4.82. The molecule has 0 unspecified atom stereocenters. The van der Waals surface area contributed by atoms with E-state index in [0.29, 0.717) is 39.5 Å². The number of carbonyl (C=O) groups excluding carboxylic acids is 2. The van der Waals surface area contributed by atoms with Crippen LogP contribution >= 0.6 is 0 Å². The first-order valence-corrected chi connectivity index (χ1v) is 11.5. The van der Waals surface area contributed by atoms with Crippen LogP contribution in [0.15, 0.2) is 95.3 Å². The molecule has 1 aliphatic rings. The maximum atomic E-state index is 13.7. The molecule has 0 saturated carbocycles. The van der Waals surface area contributed by atoms with Gasteiger partial charge in [-0.05, 0) is 57.0 Å². The van der Waals surface area contributed by atoms with Crippen molar-refractivity contribution >= 4 is 23.2 Å². The number of rotatable bonds is 5. The number of anilines is 2. The molecule has 0 aliphatic carbocycles. The van der Waals surface area contributed by atoms with Crippen LogP contribution in [0.5, 0.6) is 5.75 Å². The highest BCUT2D eigenvalue weighted by Gasteiger charge is 2.37. The molecule has 0 saturated heterocycles. The quantitative estimate of drug-likeness (QED) is 0.398. The minimum atomic E-state index is -0.773. The molecule has 0 bridgehead atoms. The largest absolute Gasteiger partial charge is 0.508 e. The van der Waals surface area contributed by atoms with E-state index in [-0.39, 0.29) is 17.6 Å². The fraction of sp³-hybridized carbons (Fsp3) is 0.172. The number of phenolic OH excluding ortho intramolecular Hbond substituents is 1. The van der Waals surface area contributed by atoms with Crippen molar-refractivity contribution in [3.63, 3.8) is 0 Å². The first-order chi connectivity index (χ1) is 16.8. The lowest BCUT2D eigenvalue weighted by Gasteiger charge is -2.32. The van der Waals surface area contributed by atoms with Gasteiger partial charge in [0.15, 0.2) is 0 Å². The predicted molar refractivity (Wildman–Crippen MR) is 139 cm³/mol. The minimum Gasteiger partial charge on any atom is -0.508 e. The van der Waals surface area contributed by atoms with Gasteiger partial charge in [-0.25, -0.2) is 0 Å². The number of aromatic hydroxyl groups is 1. The Labute approximate surface area is 205 Å². The van der Waals surface area contributed by atoms with Crippen molar-refractivity contribution in [1.29, 1.82) is 0 Å². The highest BCUT2D eigenvalue weighted by atomic mass is 16.3. The molecule has 0 aromatic heterocycles. The molecule has 0 atom stereocenters. The molecule has 2 amide bonds. The smallest absolute Gasteiger partial charge is 0.254 e. The van der Waals surface area contributed by atoms with Gasteiger partial charge in [-0.3, -0.25) is 9.59 Å². The van der Waals surface area contributed by atoms with Crippen molar-refractivity contribution in [1.82, 2.24) is 5.32 Å². The van der Waals surface area contributed by atoms with E-state index in [9.17, 15) is 14.7 Å². The van der Waals surface area contributed by atoms with Gasteiger partial charge in [-0.15, -0.1) is 0 Å². The second-order valence-corrected chi connectivity index (χ2v) is 8.73. The minimum absolute atomic E-state index is 0.0161. The van der Waals surface area contributed by atoms with Crippen LogP contribution in [0.1, 0.15) is 36.5 Å². The molecular weight excluding hydrogens is 438 g/mol. The average Bonchev–Trinajstić information content (AvgIpc) is 2.81. The van der Waals surface area contributed by atoms with E-state index in [1.807, 2.05) is 62.4 Å². The Hall–Kier alpha value is -4.32. The molecule has 4 rings (SSSR count). The topological polar surface area (TPSA) is 90.5 Å². The Balaban J connectivity index is 1.80. The summed E-state index contributed by atoms with van der Waals surface area (Å²) < 4.78 is 0. The van der Waals surface area contributed by atoms with Gasteiger partial charge < -0.3 is 21.1 Å². The van der Waals surface area contributed by atoms with Crippen molar-refractivity contribution < 1.29 is 14.7 Å². The number of benzene rings is 3. The van der Waals surface area contributed by atoms with Crippen LogP contribution in [0.25, 0.3) is 0 Å². The molecule has 6 heteroatoms. The van der Waals surface area contributed by atoms with Gasteiger partial charge in [0.2, 0.25) is 0 Å². The SMILES string of the molecule is CC1=C(C(=O)Nc2ccccc2C)C(c2ccccc2O)C(C(=O)Nc2ccccc2C)=C(C)N1. The summed E-state index contributed by atoms with van der Waals surface area (Å²) in [5.74, 6) is -1.44. The summed E-state index contributed by atoms with van der Waals surface area (Å²) in [5.41, 5.74) is 5.68. The van der Waals surface area contributed by atoms with Crippen LogP contribution in [0.2, 0.25) is 0 Å². The fourth-order valence-electron chi connectivity index (χ4n) is 4.44. The first kappa shape index (κ1) is 23.8. The molecule has 0 spiro atoms. The van der Waals surface area contributed by atoms with E-state index in [1.165, 1.54) is 0 Å². The molecule has 3 aromatic carbocycles. The molecule has 6 nitrogen and oxygen atoms in total. The Morgan fingerprint density at radius 2 is 1.11 bits per heavy atom.